The first-order chi connectivity index (χ1) is 5.75. The van der Waals surface area contributed by atoms with E-state index in [-0.39, 0.29) is 12.5 Å². The summed E-state index contributed by atoms with van der Waals surface area (Å²) in [5.41, 5.74) is 0. The summed E-state index contributed by atoms with van der Waals surface area (Å²) < 4.78 is 0. The van der Waals surface area contributed by atoms with Gasteiger partial charge in [0.05, 0.1) is 0 Å². The van der Waals surface area contributed by atoms with Crippen LogP contribution < -0.4 is 5.32 Å². The van der Waals surface area contributed by atoms with Crippen LogP contribution in [-0.4, -0.2) is 29.7 Å². The lowest BCUT2D eigenvalue weighted by Gasteiger charge is -2.02. The molecule has 2 rings (SSSR count). The zero-order valence-electron chi connectivity index (χ0n) is 6.49. The highest BCUT2D eigenvalue weighted by Crippen LogP contribution is 2.26. The third-order valence-corrected chi connectivity index (χ3v) is 1.81. The lowest BCUT2D eigenvalue weighted by molar-refractivity contribution is -0.118. The molecule has 0 atom stereocenters. The molecule has 1 aliphatic carbocycles. The summed E-state index contributed by atoms with van der Waals surface area (Å²) in [6, 6.07) is -0.420. The summed E-state index contributed by atoms with van der Waals surface area (Å²) in [5.74, 6) is 0.237. The molecular formula is C7H9N3O2. The van der Waals surface area contributed by atoms with E-state index in [1.807, 2.05) is 0 Å². The summed E-state index contributed by atoms with van der Waals surface area (Å²) in [7, 11) is 0. The van der Waals surface area contributed by atoms with Gasteiger partial charge < -0.3 is 0 Å². The van der Waals surface area contributed by atoms with E-state index in [0.717, 1.165) is 17.9 Å². The van der Waals surface area contributed by atoms with Gasteiger partial charge in [-0.25, -0.2) is 9.80 Å². The summed E-state index contributed by atoms with van der Waals surface area (Å²) in [4.78, 5) is 21.6. The second kappa shape index (κ2) is 2.58. The molecule has 0 unspecified atom stereocenters. The smallest absolute Gasteiger partial charge is 0.275 e. The highest BCUT2D eigenvalue weighted by Gasteiger charge is 2.27. The largest absolute Gasteiger partial charge is 0.344 e. The fourth-order valence-electron chi connectivity index (χ4n) is 0.944. The molecule has 0 radical (unpaired) electrons. The number of imide groups is 1. The second-order valence-corrected chi connectivity index (χ2v) is 3.01. The maximum absolute atomic E-state index is 10.9. The predicted octanol–water partition coefficient (Wildman–Crippen LogP) is -0.0660. The Bertz CT molecular complexity index is 257. The summed E-state index contributed by atoms with van der Waals surface area (Å²) in [6.45, 7) is 0.0576. The summed E-state index contributed by atoms with van der Waals surface area (Å²) in [6.07, 6.45) is 4.03. The van der Waals surface area contributed by atoms with Gasteiger partial charge in [0.1, 0.15) is 6.54 Å². The van der Waals surface area contributed by atoms with Crippen LogP contribution in [0.3, 0.4) is 0 Å². The second-order valence-electron chi connectivity index (χ2n) is 3.01. The highest BCUT2D eigenvalue weighted by molar-refractivity contribution is 6.01. The zero-order valence-corrected chi connectivity index (χ0v) is 6.49. The van der Waals surface area contributed by atoms with Crippen LogP contribution in [0, 0.1) is 5.92 Å². The van der Waals surface area contributed by atoms with Crippen LogP contribution in [0.5, 0.6) is 0 Å². The minimum Gasteiger partial charge on any atom is -0.275 e. The fraction of sp³-hybridized carbons (Fsp3) is 0.571. The number of urea groups is 1. The van der Waals surface area contributed by atoms with E-state index in [2.05, 4.69) is 10.4 Å². The van der Waals surface area contributed by atoms with Crippen molar-refractivity contribution in [2.45, 2.75) is 12.8 Å². The number of hydrogen-bond donors (Lipinski definition) is 1. The van der Waals surface area contributed by atoms with Gasteiger partial charge in [0.15, 0.2) is 0 Å². The van der Waals surface area contributed by atoms with Crippen molar-refractivity contribution in [1.82, 2.24) is 10.3 Å². The standard InChI is InChI=1S/C7H9N3O2/c11-6-4-10(7(12)9-6)8-3-5-1-2-5/h3,5H,1-2,4H2,(H,9,11,12)/b8-3+. The first kappa shape index (κ1) is 7.27. The number of rotatable bonds is 2. The first-order valence-corrected chi connectivity index (χ1v) is 3.91. The molecule has 0 bridgehead atoms. The van der Waals surface area contributed by atoms with Crippen molar-refractivity contribution >= 4 is 18.2 Å². The minimum absolute atomic E-state index is 0.0576. The lowest BCUT2D eigenvalue weighted by atomic mass is 10.5. The molecule has 5 heteroatoms. The van der Waals surface area contributed by atoms with E-state index in [1.165, 1.54) is 0 Å². The number of amides is 3. The van der Waals surface area contributed by atoms with Gasteiger partial charge in [-0.1, -0.05) is 0 Å². The number of nitrogens with zero attached hydrogens (tertiary/aromatic N) is 2. The monoisotopic (exact) mass is 167 g/mol. The van der Waals surface area contributed by atoms with E-state index in [0.29, 0.717) is 5.92 Å². The van der Waals surface area contributed by atoms with E-state index in [4.69, 9.17) is 0 Å². The Hall–Kier alpha value is -1.39. The molecule has 5 nitrogen and oxygen atoms in total. The lowest BCUT2D eigenvalue weighted by Crippen LogP contribution is -2.24. The van der Waals surface area contributed by atoms with Crippen molar-refractivity contribution < 1.29 is 9.59 Å². The molecular weight excluding hydrogens is 158 g/mol. The fourth-order valence-corrected chi connectivity index (χ4v) is 0.944. The molecule has 0 aromatic carbocycles. The molecule has 1 saturated heterocycles. The van der Waals surface area contributed by atoms with Crippen molar-refractivity contribution in [3.05, 3.63) is 0 Å². The normalized spacial score (nSPS) is 23.8. The van der Waals surface area contributed by atoms with Gasteiger partial charge in [0, 0.05) is 6.21 Å². The number of carbonyl (C=O) groups is 2. The van der Waals surface area contributed by atoms with Crippen LogP contribution in [-0.2, 0) is 4.79 Å². The Morgan fingerprint density at radius 3 is 2.75 bits per heavy atom. The third kappa shape index (κ3) is 1.44. The Morgan fingerprint density at radius 2 is 2.25 bits per heavy atom. The van der Waals surface area contributed by atoms with E-state index in [9.17, 15) is 9.59 Å². The zero-order chi connectivity index (χ0) is 8.55. The van der Waals surface area contributed by atoms with Crippen molar-refractivity contribution in [2.24, 2.45) is 11.0 Å². The average molecular weight is 167 g/mol. The maximum atomic E-state index is 10.9. The molecule has 1 saturated carbocycles. The van der Waals surface area contributed by atoms with Gasteiger partial charge in [-0.3, -0.25) is 10.1 Å². The molecule has 1 aliphatic heterocycles. The molecule has 1 heterocycles. The van der Waals surface area contributed by atoms with Crippen LogP contribution in [0.15, 0.2) is 5.10 Å². The number of hydrogen-bond acceptors (Lipinski definition) is 3. The van der Waals surface area contributed by atoms with Crippen LogP contribution in [0.4, 0.5) is 4.79 Å². The Balaban J connectivity index is 1.94. The van der Waals surface area contributed by atoms with Crippen LogP contribution in [0.1, 0.15) is 12.8 Å². The highest BCUT2D eigenvalue weighted by atomic mass is 16.2. The van der Waals surface area contributed by atoms with E-state index >= 15 is 0 Å². The number of nitrogens with one attached hydrogen (secondary N) is 1. The molecule has 1 N–H and O–H groups in total. The average Bonchev–Trinajstić information content (AvgIpc) is 2.76. The number of carbonyl (C=O) groups excluding carboxylic acids is 2. The molecule has 2 aliphatic rings. The van der Waals surface area contributed by atoms with Gasteiger partial charge in [-0.15, -0.1) is 0 Å². The third-order valence-electron chi connectivity index (χ3n) is 1.81. The Kier molecular flexibility index (Phi) is 1.56. The molecule has 0 aromatic rings. The van der Waals surface area contributed by atoms with Crippen molar-refractivity contribution in [2.75, 3.05) is 6.54 Å². The van der Waals surface area contributed by atoms with Crippen molar-refractivity contribution in [3.8, 4) is 0 Å². The minimum atomic E-state index is -0.420. The van der Waals surface area contributed by atoms with Crippen LogP contribution in [0.2, 0.25) is 0 Å². The molecule has 0 spiro atoms. The van der Waals surface area contributed by atoms with E-state index < -0.39 is 6.03 Å². The van der Waals surface area contributed by atoms with E-state index in [1.54, 1.807) is 6.21 Å². The summed E-state index contributed by atoms with van der Waals surface area (Å²) >= 11 is 0. The van der Waals surface area contributed by atoms with Gasteiger partial charge in [0.2, 0.25) is 5.91 Å². The Labute approximate surface area is 69.4 Å². The maximum Gasteiger partial charge on any atom is 0.344 e. The molecule has 64 valence electrons. The Morgan fingerprint density at radius 1 is 1.50 bits per heavy atom. The van der Waals surface area contributed by atoms with Gasteiger partial charge in [-0.05, 0) is 18.8 Å². The van der Waals surface area contributed by atoms with Gasteiger partial charge >= 0.3 is 6.03 Å². The van der Waals surface area contributed by atoms with Crippen LogP contribution in [0.25, 0.3) is 0 Å². The predicted molar refractivity (Wildman–Crippen MR) is 41.5 cm³/mol. The van der Waals surface area contributed by atoms with Crippen molar-refractivity contribution in [3.63, 3.8) is 0 Å². The molecule has 12 heavy (non-hydrogen) atoms. The topological polar surface area (TPSA) is 61.8 Å². The number of hydrazone groups is 1. The van der Waals surface area contributed by atoms with Crippen molar-refractivity contribution in [1.29, 1.82) is 0 Å². The summed E-state index contributed by atoms with van der Waals surface area (Å²) in [5, 5.41) is 7.19. The first-order valence-electron chi connectivity index (χ1n) is 3.91. The molecule has 0 aromatic heterocycles. The SMILES string of the molecule is O=C1CN(/N=C/C2CC2)C(=O)N1. The quantitative estimate of drug-likeness (QED) is 0.462. The molecule has 2 fully saturated rings. The van der Waals surface area contributed by atoms with Crippen LogP contribution >= 0.6 is 0 Å². The van der Waals surface area contributed by atoms with Gasteiger partial charge in [-0.2, -0.15) is 5.10 Å². The molecule has 3 amide bonds. The van der Waals surface area contributed by atoms with Gasteiger partial charge in [0.25, 0.3) is 0 Å².